The third-order valence-electron chi connectivity index (χ3n) is 7.39. The summed E-state index contributed by atoms with van der Waals surface area (Å²) < 4.78 is 33.2. The van der Waals surface area contributed by atoms with Crippen LogP contribution in [0.2, 0.25) is 0 Å². The highest BCUT2D eigenvalue weighted by Gasteiger charge is 2.32. The molecule has 1 fully saturated rings. The molecule has 0 unspecified atom stereocenters. The molecule has 1 aliphatic rings. The summed E-state index contributed by atoms with van der Waals surface area (Å²) in [5, 5.41) is 4.82. The molecule has 46 heavy (non-hydrogen) atoms. The summed E-state index contributed by atoms with van der Waals surface area (Å²) in [6.07, 6.45) is 5.21. The number of sulfonamides is 1. The second-order valence-electron chi connectivity index (χ2n) is 11.3. The number of aliphatic imine (C=N–C) groups is 1. The van der Waals surface area contributed by atoms with Gasteiger partial charge in [0.05, 0.1) is 24.9 Å². The largest absolute Gasteiger partial charge is 0.465 e. The van der Waals surface area contributed by atoms with Crippen molar-refractivity contribution in [2.75, 3.05) is 33.3 Å². The van der Waals surface area contributed by atoms with E-state index in [0.717, 1.165) is 37.0 Å². The van der Waals surface area contributed by atoms with Crippen molar-refractivity contribution in [2.45, 2.75) is 76.1 Å². The van der Waals surface area contributed by atoms with Crippen molar-refractivity contribution >= 4 is 45.5 Å². The van der Waals surface area contributed by atoms with Gasteiger partial charge in [-0.05, 0) is 37.7 Å². The van der Waals surface area contributed by atoms with Gasteiger partial charge in [-0.2, -0.15) is 0 Å². The molecule has 7 N–H and O–H groups in total. The van der Waals surface area contributed by atoms with E-state index in [1.54, 1.807) is 37.3 Å². The van der Waals surface area contributed by atoms with Crippen LogP contribution in [0.3, 0.4) is 0 Å². The van der Waals surface area contributed by atoms with E-state index < -0.39 is 64.7 Å². The standard InChI is InChI=1S/C30H47N7O8S/c1-3-45-26(39)18-34-28(41)27(40)24(17-21-11-6-4-7-12-21)35-25(38)19-37(2)29(42)23(15-10-16-33-30(31)32)36-46(43,44)20-22-13-8-5-9-14-22/h5,8-9,13-14,21,23-24,36H,3-4,6-7,10-12,15-20H2,1-2H3,(H,34,41)(H,35,38)(H4,31,32,33)/t23-,24-/m0/s1. The monoisotopic (exact) mass is 665 g/mol. The van der Waals surface area contributed by atoms with Crippen LogP contribution in [0.5, 0.6) is 0 Å². The van der Waals surface area contributed by atoms with Crippen molar-refractivity contribution in [1.82, 2.24) is 20.3 Å². The Morgan fingerprint density at radius 3 is 2.35 bits per heavy atom. The number of hydrogen-bond donors (Lipinski definition) is 5. The quantitative estimate of drug-likeness (QED) is 0.0425. The molecule has 0 spiro atoms. The number of nitrogens with one attached hydrogen (secondary N) is 3. The summed E-state index contributed by atoms with van der Waals surface area (Å²) >= 11 is 0. The minimum Gasteiger partial charge on any atom is -0.465 e. The molecule has 1 saturated carbocycles. The fraction of sp³-hybridized carbons (Fsp3) is 0.600. The SMILES string of the molecule is CCOC(=O)CNC(=O)C(=O)[C@H](CC1CCCCC1)NC(=O)CN(C)C(=O)[C@H](CCCN=C(N)N)NS(=O)(=O)Cc1ccccc1. The molecule has 0 radical (unpaired) electrons. The van der Waals surface area contributed by atoms with Gasteiger partial charge in [0, 0.05) is 13.6 Å². The van der Waals surface area contributed by atoms with Crippen LogP contribution < -0.4 is 26.8 Å². The van der Waals surface area contributed by atoms with E-state index in [2.05, 4.69) is 20.3 Å². The number of carbonyl (C=O) groups is 5. The van der Waals surface area contributed by atoms with E-state index >= 15 is 0 Å². The van der Waals surface area contributed by atoms with E-state index in [1.165, 1.54) is 7.05 Å². The van der Waals surface area contributed by atoms with Crippen molar-refractivity contribution in [2.24, 2.45) is 22.4 Å². The molecule has 0 saturated heterocycles. The Kier molecular flexibility index (Phi) is 16.1. The molecular weight excluding hydrogens is 618 g/mol. The van der Waals surface area contributed by atoms with Crippen LogP contribution in [0.15, 0.2) is 35.3 Å². The Bertz CT molecular complexity index is 1310. The molecule has 2 rings (SSSR count). The average molecular weight is 666 g/mol. The number of likely N-dealkylation sites (N-methyl/N-ethyl adjacent to an activating group) is 1. The molecule has 2 atom stereocenters. The lowest BCUT2D eigenvalue weighted by Crippen LogP contribution is -2.53. The minimum absolute atomic E-state index is 0.0407. The van der Waals surface area contributed by atoms with Crippen molar-refractivity contribution in [1.29, 1.82) is 0 Å². The fourth-order valence-electron chi connectivity index (χ4n) is 5.19. The number of carbonyl (C=O) groups excluding carboxylic acids is 5. The highest BCUT2D eigenvalue weighted by molar-refractivity contribution is 7.88. The van der Waals surface area contributed by atoms with Gasteiger partial charge >= 0.3 is 5.97 Å². The predicted octanol–water partition coefficient (Wildman–Crippen LogP) is -0.310. The number of nitrogens with zero attached hydrogens (tertiary/aromatic N) is 2. The Morgan fingerprint density at radius 2 is 1.72 bits per heavy atom. The summed E-state index contributed by atoms with van der Waals surface area (Å²) in [4.78, 5) is 68.8. The first-order valence-electron chi connectivity index (χ1n) is 15.4. The van der Waals surface area contributed by atoms with Crippen LogP contribution in [0.25, 0.3) is 0 Å². The molecular formula is C30H47N7O8S. The molecule has 1 aromatic carbocycles. The van der Waals surface area contributed by atoms with Crippen LogP contribution >= 0.6 is 0 Å². The Morgan fingerprint density at radius 1 is 1.04 bits per heavy atom. The summed E-state index contributed by atoms with van der Waals surface area (Å²) in [6.45, 7) is 0.866. The number of benzene rings is 1. The maximum Gasteiger partial charge on any atom is 0.325 e. The van der Waals surface area contributed by atoms with Gasteiger partial charge in [-0.25, -0.2) is 13.1 Å². The Hall–Kier alpha value is -4.05. The lowest BCUT2D eigenvalue weighted by Gasteiger charge is -2.27. The predicted molar refractivity (Wildman–Crippen MR) is 171 cm³/mol. The second-order valence-corrected chi connectivity index (χ2v) is 13.0. The van der Waals surface area contributed by atoms with Crippen molar-refractivity contribution in [3.63, 3.8) is 0 Å². The summed E-state index contributed by atoms with van der Waals surface area (Å²) in [5.41, 5.74) is 11.3. The topological polar surface area (TPSA) is 232 Å². The number of ketones is 1. The second kappa shape index (κ2) is 19.5. The van der Waals surface area contributed by atoms with Crippen LogP contribution in [0, 0.1) is 5.92 Å². The number of nitrogens with two attached hydrogens (primary N) is 2. The molecule has 3 amide bonds. The molecule has 1 aliphatic carbocycles. The maximum atomic E-state index is 13.4. The van der Waals surface area contributed by atoms with Crippen LogP contribution in [0.4, 0.5) is 0 Å². The molecule has 256 valence electrons. The van der Waals surface area contributed by atoms with E-state index in [-0.39, 0.29) is 50.0 Å². The normalized spacial score (nSPS) is 14.7. The first-order valence-corrected chi connectivity index (χ1v) is 17.1. The zero-order chi connectivity index (χ0) is 34.1. The molecule has 1 aromatic rings. The number of hydrogen-bond acceptors (Lipinski definition) is 9. The number of Topliss-reactive ketones (excluding diaryl/α,β-unsaturated/α-hetero) is 1. The lowest BCUT2D eigenvalue weighted by atomic mass is 9.84. The van der Waals surface area contributed by atoms with E-state index in [4.69, 9.17) is 16.2 Å². The van der Waals surface area contributed by atoms with Gasteiger partial charge in [0.1, 0.15) is 12.6 Å². The average Bonchev–Trinajstić information content (AvgIpc) is 3.01. The van der Waals surface area contributed by atoms with Crippen molar-refractivity contribution in [3.8, 4) is 0 Å². The number of rotatable bonds is 19. The van der Waals surface area contributed by atoms with E-state index in [0.29, 0.717) is 5.56 Å². The summed E-state index contributed by atoms with van der Waals surface area (Å²) in [5.74, 6) is -4.45. The highest BCUT2D eigenvalue weighted by Crippen LogP contribution is 2.27. The first-order chi connectivity index (χ1) is 21.8. The van der Waals surface area contributed by atoms with Gasteiger partial charge in [-0.15, -0.1) is 0 Å². The van der Waals surface area contributed by atoms with Gasteiger partial charge in [0.25, 0.3) is 5.91 Å². The molecule has 0 bridgehead atoms. The maximum absolute atomic E-state index is 13.4. The fourth-order valence-corrected chi connectivity index (χ4v) is 6.55. The van der Waals surface area contributed by atoms with Gasteiger partial charge in [-0.3, -0.25) is 29.0 Å². The number of esters is 1. The minimum atomic E-state index is -3.97. The molecule has 15 nitrogen and oxygen atoms in total. The van der Waals surface area contributed by atoms with Crippen LogP contribution in [-0.2, 0) is 44.5 Å². The van der Waals surface area contributed by atoms with Crippen molar-refractivity contribution in [3.05, 3.63) is 35.9 Å². The van der Waals surface area contributed by atoms with E-state index in [1.807, 2.05) is 0 Å². The van der Waals surface area contributed by atoms with Crippen molar-refractivity contribution < 1.29 is 37.1 Å². The molecule has 0 aliphatic heterocycles. The Labute approximate surface area is 270 Å². The molecule has 16 heteroatoms. The zero-order valence-corrected chi connectivity index (χ0v) is 27.4. The number of amides is 3. The van der Waals surface area contributed by atoms with Crippen LogP contribution in [0.1, 0.15) is 63.9 Å². The highest BCUT2D eigenvalue weighted by atomic mass is 32.2. The summed E-state index contributed by atoms with van der Waals surface area (Å²) in [6, 6.07) is 6.04. The smallest absolute Gasteiger partial charge is 0.325 e. The zero-order valence-electron chi connectivity index (χ0n) is 26.5. The van der Waals surface area contributed by atoms with Gasteiger partial charge < -0.3 is 31.7 Å². The molecule has 0 aromatic heterocycles. The number of ether oxygens (including phenoxy) is 1. The number of guanidine groups is 1. The van der Waals surface area contributed by atoms with E-state index in [9.17, 15) is 32.4 Å². The lowest BCUT2D eigenvalue weighted by molar-refractivity contribution is -0.145. The van der Waals surface area contributed by atoms with Gasteiger partial charge in [-0.1, -0.05) is 62.4 Å². The first kappa shape index (κ1) is 38.1. The molecule has 0 heterocycles. The third kappa shape index (κ3) is 14.4. The van der Waals surface area contributed by atoms with Gasteiger partial charge in [0.2, 0.25) is 27.6 Å². The van der Waals surface area contributed by atoms with Gasteiger partial charge in [0.15, 0.2) is 5.96 Å². The Balaban J connectivity index is 2.12. The van der Waals surface area contributed by atoms with Crippen LogP contribution in [-0.4, -0.2) is 94.1 Å². The third-order valence-corrected chi connectivity index (χ3v) is 8.75. The summed E-state index contributed by atoms with van der Waals surface area (Å²) in [7, 11) is -2.64.